The van der Waals surface area contributed by atoms with Crippen LogP contribution in [0.3, 0.4) is 0 Å². The standard InChI is InChI=1S/C17H28N2O/c1-3-5-6-7-14-8-10-15(11-9-14)17-18-12-16(13-19-17)20-4-2/h12-15H,3-11H2,1-2H3. The molecule has 20 heavy (non-hydrogen) atoms. The van der Waals surface area contributed by atoms with Gasteiger partial charge in [0.25, 0.3) is 0 Å². The number of hydrogen-bond donors (Lipinski definition) is 0. The van der Waals surface area contributed by atoms with Crippen molar-refractivity contribution in [2.45, 2.75) is 71.1 Å². The summed E-state index contributed by atoms with van der Waals surface area (Å²) in [7, 11) is 0. The van der Waals surface area contributed by atoms with Gasteiger partial charge in [0.05, 0.1) is 19.0 Å². The fourth-order valence-corrected chi connectivity index (χ4v) is 3.17. The molecule has 1 aliphatic rings. The van der Waals surface area contributed by atoms with Gasteiger partial charge in [0.15, 0.2) is 5.75 Å². The lowest BCUT2D eigenvalue weighted by atomic mass is 9.79. The zero-order valence-electron chi connectivity index (χ0n) is 13.0. The average Bonchev–Trinajstić information content (AvgIpc) is 2.49. The third-order valence-corrected chi connectivity index (χ3v) is 4.39. The smallest absolute Gasteiger partial charge is 0.155 e. The first kappa shape index (κ1) is 15.3. The molecule has 1 aliphatic carbocycles. The molecule has 2 rings (SSSR count). The maximum Gasteiger partial charge on any atom is 0.155 e. The maximum atomic E-state index is 5.40. The van der Waals surface area contributed by atoms with E-state index in [1.807, 2.05) is 19.3 Å². The first-order valence-corrected chi connectivity index (χ1v) is 8.28. The summed E-state index contributed by atoms with van der Waals surface area (Å²) in [6.07, 6.45) is 14.4. The maximum absolute atomic E-state index is 5.40. The summed E-state index contributed by atoms with van der Waals surface area (Å²) in [5.74, 6) is 3.30. The second-order valence-corrected chi connectivity index (χ2v) is 5.92. The van der Waals surface area contributed by atoms with Crippen molar-refractivity contribution in [2.24, 2.45) is 5.92 Å². The topological polar surface area (TPSA) is 35.0 Å². The summed E-state index contributed by atoms with van der Waals surface area (Å²) in [4.78, 5) is 8.97. The van der Waals surface area contributed by atoms with Gasteiger partial charge in [0.2, 0.25) is 0 Å². The first-order chi connectivity index (χ1) is 9.83. The van der Waals surface area contributed by atoms with Crippen LogP contribution in [-0.4, -0.2) is 16.6 Å². The number of unbranched alkanes of at least 4 members (excludes halogenated alkanes) is 2. The summed E-state index contributed by atoms with van der Waals surface area (Å²) in [6, 6.07) is 0. The largest absolute Gasteiger partial charge is 0.491 e. The van der Waals surface area contributed by atoms with Gasteiger partial charge >= 0.3 is 0 Å². The zero-order valence-corrected chi connectivity index (χ0v) is 13.0. The van der Waals surface area contributed by atoms with Crippen molar-refractivity contribution in [3.63, 3.8) is 0 Å². The van der Waals surface area contributed by atoms with E-state index in [0.717, 1.165) is 17.5 Å². The Labute approximate surface area is 123 Å². The average molecular weight is 276 g/mol. The molecule has 1 aromatic rings. The highest BCUT2D eigenvalue weighted by Gasteiger charge is 2.23. The molecule has 0 N–H and O–H groups in total. The Hall–Kier alpha value is -1.12. The lowest BCUT2D eigenvalue weighted by molar-refractivity contribution is 0.295. The van der Waals surface area contributed by atoms with Gasteiger partial charge in [-0.1, -0.05) is 32.6 Å². The molecule has 0 radical (unpaired) electrons. The second-order valence-electron chi connectivity index (χ2n) is 5.92. The minimum atomic E-state index is 0.563. The van der Waals surface area contributed by atoms with Crippen LogP contribution in [0.2, 0.25) is 0 Å². The Kier molecular flexibility index (Phi) is 6.28. The van der Waals surface area contributed by atoms with Crippen LogP contribution in [-0.2, 0) is 0 Å². The molecule has 112 valence electrons. The predicted octanol–water partition coefficient (Wildman–Crippen LogP) is 4.73. The van der Waals surface area contributed by atoms with E-state index >= 15 is 0 Å². The molecule has 1 aromatic heterocycles. The second kappa shape index (κ2) is 8.23. The first-order valence-electron chi connectivity index (χ1n) is 8.28. The van der Waals surface area contributed by atoms with Crippen molar-refractivity contribution < 1.29 is 4.74 Å². The highest BCUT2D eigenvalue weighted by atomic mass is 16.5. The molecule has 0 saturated heterocycles. The van der Waals surface area contributed by atoms with Crippen molar-refractivity contribution in [3.05, 3.63) is 18.2 Å². The Morgan fingerprint density at radius 3 is 2.35 bits per heavy atom. The summed E-state index contributed by atoms with van der Waals surface area (Å²) >= 11 is 0. The third kappa shape index (κ3) is 4.46. The normalized spacial score (nSPS) is 22.7. The van der Waals surface area contributed by atoms with Gasteiger partial charge in [0.1, 0.15) is 5.82 Å². The number of hydrogen-bond acceptors (Lipinski definition) is 3. The summed E-state index contributed by atoms with van der Waals surface area (Å²) in [5, 5.41) is 0. The van der Waals surface area contributed by atoms with Crippen molar-refractivity contribution in [2.75, 3.05) is 6.61 Å². The van der Waals surface area contributed by atoms with Crippen LogP contribution in [0, 0.1) is 5.92 Å². The molecule has 3 nitrogen and oxygen atoms in total. The zero-order chi connectivity index (χ0) is 14.2. The SMILES string of the molecule is CCCCCC1CCC(c2ncc(OCC)cn2)CC1. The van der Waals surface area contributed by atoms with Crippen molar-refractivity contribution >= 4 is 0 Å². The van der Waals surface area contributed by atoms with Crippen molar-refractivity contribution in [3.8, 4) is 5.75 Å². The highest BCUT2D eigenvalue weighted by molar-refractivity contribution is 5.13. The van der Waals surface area contributed by atoms with E-state index in [1.165, 1.54) is 51.4 Å². The molecular weight excluding hydrogens is 248 g/mol. The Morgan fingerprint density at radius 2 is 1.75 bits per heavy atom. The fourth-order valence-electron chi connectivity index (χ4n) is 3.17. The fraction of sp³-hybridized carbons (Fsp3) is 0.765. The van der Waals surface area contributed by atoms with E-state index in [-0.39, 0.29) is 0 Å². The lowest BCUT2D eigenvalue weighted by Gasteiger charge is -2.27. The monoisotopic (exact) mass is 276 g/mol. The van der Waals surface area contributed by atoms with Crippen LogP contribution in [0.25, 0.3) is 0 Å². The van der Waals surface area contributed by atoms with E-state index in [9.17, 15) is 0 Å². The Morgan fingerprint density at radius 1 is 1.05 bits per heavy atom. The minimum Gasteiger partial charge on any atom is -0.491 e. The van der Waals surface area contributed by atoms with E-state index in [2.05, 4.69) is 16.9 Å². The Bertz CT molecular complexity index is 369. The molecule has 0 aromatic carbocycles. The molecule has 0 bridgehead atoms. The number of rotatable bonds is 7. The summed E-state index contributed by atoms with van der Waals surface area (Å²) in [6.45, 7) is 4.93. The van der Waals surface area contributed by atoms with Crippen LogP contribution in [0.5, 0.6) is 5.75 Å². The minimum absolute atomic E-state index is 0.563. The van der Waals surface area contributed by atoms with E-state index in [4.69, 9.17) is 4.74 Å². The lowest BCUT2D eigenvalue weighted by Crippen LogP contribution is -2.15. The van der Waals surface area contributed by atoms with E-state index in [1.54, 1.807) is 0 Å². The molecule has 0 spiro atoms. The molecule has 0 aliphatic heterocycles. The van der Waals surface area contributed by atoms with Gasteiger partial charge in [-0.2, -0.15) is 0 Å². The summed E-state index contributed by atoms with van der Waals surface area (Å²) < 4.78 is 5.40. The van der Waals surface area contributed by atoms with Crippen molar-refractivity contribution in [1.29, 1.82) is 0 Å². The molecule has 3 heteroatoms. The van der Waals surface area contributed by atoms with Gasteiger partial charge < -0.3 is 4.74 Å². The highest BCUT2D eigenvalue weighted by Crippen LogP contribution is 2.36. The summed E-state index contributed by atoms with van der Waals surface area (Å²) in [5.41, 5.74) is 0. The van der Waals surface area contributed by atoms with Gasteiger partial charge in [-0.25, -0.2) is 9.97 Å². The van der Waals surface area contributed by atoms with Gasteiger partial charge in [-0.3, -0.25) is 0 Å². The van der Waals surface area contributed by atoms with Crippen LogP contribution < -0.4 is 4.74 Å². The van der Waals surface area contributed by atoms with Crippen LogP contribution in [0.4, 0.5) is 0 Å². The number of ether oxygens (including phenoxy) is 1. The van der Waals surface area contributed by atoms with Gasteiger partial charge in [-0.15, -0.1) is 0 Å². The Balaban J connectivity index is 1.78. The third-order valence-electron chi connectivity index (χ3n) is 4.39. The number of nitrogens with zero attached hydrogens (tertiary/aromatic N) is 2. The van der Waals surface area contributed by atoms with Crippen molar-refractivity contribution in [1.82, 2.24) is 9.97 Å². The molecule has 0 atom stereocenters. The molecule has 1 fully saturated rings. The molecule has 0 amide bonds. The number of aromatic nitrogens is 2. The quantitative estimate of drug-likeness (QED) is 0.675. The predicted molar refractivity (Wildman–Crippen MR) is 82.0 cm³/mol. The van der Waals surface area contributed by atoms with E-state index < -0.39 is 0 Å². The van der Waals surface area contributed by atoms with E-state index in [0.29, 0.717) is 12.5 Å². The molecule has 0 unspecified atom stereocenters. The van der Waals surface area contributed by atoms with Gasteiger partial charge in [0, 0.05) is 5.92 Å². The molecular formula is C17H28N2O. The molecule has 1 heterocycles. The van der Waals surface area contributed by atoms with Gasteiger partial charge in [-0.05, 0) is 38.5 Å². The van der Waals surface area contributed by atoms with Crippen LogP contribution >= 0.6 is 0 Å². The molecule has 1 saturated carbocycles. The van der Waals surface area contributed by atoms with Crippen LogP contribution in [0.15, 0.2) is 12.4 Å². The van der Waals surface area contributed by atoms with Crippen LogP contribution in [0.1, 0.15) is 77.0 Å².